The Morgan fingerprint density at radius 1 is 1.03 bits per heavy atom. The number of carbonyl (C=O) groups is 1. The molecule has 0 radical (unpaired) electrons. The van der Waals surface area contributed by atoms with Gasteiger partial charge >= 0.3 is 0 Å². The van der Waals surface area contributed by atoms with Crippen LogP contribution in [-0.4, -0.2) is 34.3 Å². The number of aromatic nitrogens is 2. The van der Waals surface area contributed by atoms with Gasteiger partial charge in [-0.25, -0.2) is 4.68 Å². The molecule has 0 aliphatic heterocycles. The molecule has 170 valence electrons. The minimum absolute atomic E-state index is 0.0271. The third kappa shape index (κ3) is 5.32. The number of nitrogens with zero attached hydrogens (tertiary/aromatic N) is 3. The number of furan rings is 1. The molecular formula is C26H27N3O4. The molecule has 2 aromatic heterocycles. The quantitative estimate of drug-likeness (QED) is 0.361. The molecule has 0 atom stereocenters. The molecule has 33 heavy (non-hydrogen) atoms. The van der Waals surface area contributed by atoms with Crippen molar-refractivity contribution in [1.82, 2.24) is 14.7 Å². The second kappa shape index (κ2) is 10.2. The molecule has 0 saturated carbocycles. The molecule has 0 aliphatic rings. The highest BCUT2D eigenvalue weighted by Crippen LogP contribution is 2.32. The molecule has 4 aromatic rings. The minimum atomic E-state index is -0.151. The van der Waals surface area contributed by atoms with E-state index in [1.165, 1.54) is 7.11 Å². The predicted octanol–water partition coefficient (Wildman–Crippen LogP) is 5.05. The lowest BCUT2D eigenvalue weighted by Gasteiger charge is -2.22. The molecule has 0 N–H and O–H groups in total. The molecule has 2 aromatic carbocycles. The van der Waals surface area contributed by atoms with Crippen molar-refractivity contribution in [1.29, 1.82) is 0 Å². The molecule has 7 heteroatoms. The van der Waals surface area contributed by atoms with Crippen LogP contribution in [-0.2, 0) is 22.6 Å². The first kappa shape index (κ1) is 22.4. The summed E-state index contributed by atoms with van der Waals surface area (Å²) >= 11 is 0. The normalized spacial score (nSPS) is 10.9. The van der Waals surface area contributed by atoms with Gasteiger partial charge < -0.3 is 18.8 Å². The van der Waals surface area contributed by atoms with Gasteiger partial charge in [0.2, 0.25) is 11.8 Å². The van der Waals surface area contributed by atoms with Gasteiger partial charge in [0.15, 0.2) is 0 Å². The number of hydrogen-bond acceptors (Lipinski definition) is 5. The topological polar surface area (TPSA) is 69.7 Å². The first-order valence-corrected chi connectivity index (χ1v) is 10.7. The first-order valence-electron chi connectivity index (χ1n) is 10.7. The first-order chi connectivity index (χ1) is 16.0. The SMILES string of the molecule is COCC(=O)N(Cc1ccco1)Cc1c(C)nn(-c2ccccc2)c1Oc1cccc(C)c1. The van der Waals surface area contributed by atoms with Crippen LogP contribution in [0, 0.1) is 13.8 Å². The Kier molecular flexibility index (Phi) is 6.90. The Labute approximate surface area is 193 Å². The fraction of sp³-hybridized carbons (Fsp3) is 0.231. The zero-order valence-electron chi connectivity index (χ0n) is 19.0. The van der Waals surface area contributed by atoms with Gasteiger partial charge in [0.25, 0.3) is 0 Å². The smallest absolute Gasteiger partial charge is 0.249 e. The van der Waals surface area contributed by atoms with Crippen LogP contribution >= 0.6 is 0 Å². The largest absolute Gasteiger partial charge is 0.467 e. The monoisotopic (exact) mass is 445 g/mol. The van der Waals surface area contributed by atoms with E-state index in [4.69, 9.17) is 19.0 Å². The number of aryl methyl sites for hydroxylation is 2. The van der Waals surface area contributed by atoms with Gasteiger partial charge in [-0.15, -0.1) is 0 Å². The van der Waals surface area contributed by atoms with Gasteiger partial charge in [0.1, 0.15) is 18.1 Å². The average molecular weight is 446 g/mol. The van der Waals surface area contributed by atoms with Crippen molar-refractivity contribution >= 4 is 5.91 Å². The lowest BCUT2D eigenvalue weighted by atomic mass is 10.2. The van der Waals surface area contributed by atoms with Crippen LogP contribution < -0.4 is 4.74 Å². The summed E-state index contributed by atoms with van der Waals surface area (Å²) in [5, 5.41) is 4.75. The summed E-state index contributed by atoms with van der Waals surface area (Å²) in [5.74, 6) is 1.81. The maximum atomic E-state index is 12.9. The molecule has 7 nitrogen and oxygen atoms in total. The fourth-order valence-electron chi connectivity index (χ4n) is 3.59. The maximum Gasteiger partial charge on any atom is 0.249 e. The van der Waals surface area contributed by atoms with Crippen molar-refractivity contribution in [2.24, 2.45) is 0 Å². The average Bonchev–Trinajstić information content (AvgIpc) is 3.43. The number of ether oxygens (including phenoxy) is 2. The van der Waals surface area contributed by atoms with E-state index in [0.29, 0.717) is 30.5 Å². The number of rotatable bonds is 9. The maximum absolute atomic E-state index is 12.9. The standard InChI is InChI=1S/C26H27N3O4/c1-19-9-7-12-22(15-19)33-26-24(20(2)27-29(26)21-10-5-4-6-11-21)17-28(25(30)18-31-3)16-23-13-8-14-32-23/h4-15H,16-18H2,1-3H3. The molecule has 1 amide bonds. The summed E-state index contributed by atoms with van der Waals surface area (Å²) in [6.45, 7) is 4.52. The van der Waals surface area contributed by atoms with E-state index in [9.17, 15) is 4.79 Å². The predicted molar refractivity (Wildman–Crippen MR) is 124 cm³/mol. The van der Waals surface area contributed by atoms with E-state index >= 15 is 0 Å². The van der Waals surface area contributed by atoms with E-state index in [1.54, 1.807) is 21.9 Å². The van der Waals surface area contributed by atoms with Crippen LogP contribution in [0.4, 0.5) is 0 Å². The summed E-state index contributed by atoms with van der Waals surface area (Å²) in [6.07, 6.45) is 1.60. The van der Waals surface area contributed by atoms with Crippen LogP contribution in [0.25, 0.3) is 5.69 Å². The Balaban J connectivity index is 1.75. The Morgan fingerprint density at radius 3 is 2.55 bits per heavy atom. The number of para-hydroxylation sites is 1. The van der Waals surface area contributed by atoms with E-state index in [0.717, 1.165) is 22.5 Å². The lowest BCUT2D eigenvalue weighted by Crippen LogP contribution is -2.33. The number of amides is 1. The van der Waals surface area contributed by atoms with Gasteiger partial charge in [-0.3, -0.25) is 4.79 Å². The van der Waals surface area contributed by atoms with Crippen molar-refractivity contribution in [2.75, 3.05) is 13.7 Å². The van der Waals surface area contributed by atoms with Gasteiger partial charge in [0, 0.05) is 7.11 Å². The van der Waals surface area contributed by atoms with Crippen molar-refractivity contribution in [2.45, 2.75) is 26.9 Å². The highest BCUT2D eigenvalue weighted by molar-refractivity contribution is 5.77. The Hall–Kier alpha value is -3.84. The second-order valence-electron chi connectivity index (χ2n) is 7.80. The van der Waals surface area contributed by atoms with Crippen LogP contribution in [0.3, 0.4) is 0 Å². The third-order valence-corrected chi connectivity index (χ3v) is 5.24. The number of benzene rings is 2. The van der Waals surface area contributed by atoms with Crippen LogP contribution in [0.1, 0.15) is 22.6 Å². The van der Waals surface area contributed by atoms with Crippen molar-refractivity contribution < 1.29 is 18.7 Å². The number of hydrogen-bond donors (Lipinski definition) is 0. The highest BCUT2D eigenvalue weighted by Gasteiger charge is 2.24. The molecule has 0 fully saturated rings. The van der Waals surface area contributed by atoms with Crippen molar-refractivity contribution in [3.8, 4) is 17.3 Å². The molecule has 0 bridgehead atoms. The Morgan fingerprint density at radius 2 is 1.85 bits per heavy atom. The minimum Gasteiger partial charge on any atom is -0.467 e. The molecule has 0 unspecified atom stereocenters. The molecule has 0 aliphatic carbocycles. The summed E-state index contributed by atoms with van der Waals surface area (Å²) in [6, 6.07) is 21.3. The number of carbonyl (C=O) groups excluding carboxylic acids is 1. The van der Waals surface area contributed by atoms with Crippen LogP contribution in [0.15, 0.2) is 77.4 Å². The molecular weight excluding hydrogens is 418 g/mol. The number of methoxy groups -OCH3 is 1. The van der Waals surface area contributed by atoms with E-state index in [-0.39, 0.29) is 12.5 Å². The molecule has 4 rings (SSSR count). The van der Waals surface area contributed by atoms with Crippen molar-refractivity contribution in [3.63, 3.8) is 0 Å². The van der Waals surface area contributed by atoms with E-state index < -0.39 is 0 Å². The van der Waals surface area contributed by atoms with Crippen LogP contribution in [0.5, 0.6) is 11.6 Å². The van der Waals surface area contributed by atoms with Gasteiger partial charge in [-0.05, 0) is 55.8 Å². The van der Waals surface area contributed by atoms with Gasteiger partial charge in [-0.1, -0.05) is 30.3 Å². The van der Waals surface area contributed by atoms with E-state index in [1.807, 2.05) is 74.5 Å². The molecule has 0 spiro atoms. The zero-order valence-corrected chi connectivity index (χ0v) is 19.0. The fourth-order valence-corrected chi connectivity index (χ4v) is 3.59. The summed E-state index contributed by atoms with van der Waals surface area (Å²) in [7, 11) is 1.51. The second-order valence-corrected chi connectivity index (χ2v) is 7.80. The summed E-state index contributed by atoms with van der Waals surface area (Å²) < 4.78 is 18.8. The van der Waals surface area contributed by atoms with E-state index in [2.05, 4.69) is 0 Å². The van der Waals surface area contributed by atoms with Crippen LogP contribution in [0.2, 0.25) is 0 Å². The molecule has 0 saturated heterocycles. The van der Waals surface area contributed by atoms with Gasteiger partial charge in [-0.2, -0.15) is 5.10 Å². The Bertz CT molecular complexity index is 1200. The lowest BCUT2D eigenvalue weighted by molar-refractivity contribution is -0.136. The summed E-state index contributed by atoms with van der Waals surface area (Å²) in [4.78, 5) is 14.6. The van der Waals surface area contributed by atoms with Gasteiger partial charge in [0.05, 0.1) is 36.3 Å². The third-order valence-electron chi connectivity index (χ3n) is 5.24. The molecule has 2 heterocycles. The van der Waals surface area contributed by atoms with Crippen molar-refractivity contribution in [3.05, 3.63) is 95.6 Å². The highest BCUT2D eigenvalue weighted by atomic mass is 16.5. The zero-order chi connectivity index (χ0) is 23.2. The summed E-state index contributed by atoms with van der Waals surface area (Å²) in [5.41, 5.74) is 3.55.